The molecule has 134 valence electrons. The zero-order valence-electron chi connectivity index (χ0n) is 14.6. The second kappa shape index (κ2) is 7.47. The Morgan fingerprint density at radius 3 is 2.64 bits per heavy atom. The van der Waals surface area contributed by atoms with Crippen LogP contribution in [0.15, 0.2) is 23.1 Å². The Bertz CT molecular complexity index is 699. The fourth-order valence-electron chi connectivity index (χ4n) is 3.12. The van der Waals surface area contributed by atoms with Crippen molar-refractivity contribution < 1.29 is 14.4 Å². The van der Waals surface area contributed by atoms with Crippen LogP contribution in [0.25, 0.3) is 0 Å². The lowest BCUT2D eigenvalue weighted by Gasteiger charge is -2.29. The molecule has 2 aliphatic heterocycles. The third-order valence-corrected chi connectivity index (χ3v) is 5.34. The van der Waals surface area contributed by atoms with Gasteiger partial charge < -0.3 is 15.1 Å². The molecule has 0 aromatic heterocycles. The lowest BCUT2D eigenvalue weighted by molar-refractivity contribution is -0.123. The van der Waals surface area contributed by atoms with Crippen molar-refractivity contribution in [2.24, 2.45) is 0 Å². The molecule has 0 aliphatic carbocycles. The van der Waals surface area contributed by atoms with E-state index in [4.69, 9.17) is 0 Å². The van der Waals surface area contributed by atoms with E-state index >= 15 is 0 Å². The zero-order valence-corrected chi connectivity index (χ0v) is 15.4. The van der Waals surface area contributed by atoms with Gasteiger partial charge in [0.25, 0.3) is 5.91 Å². The fourth-order valence-corrected chi connectivity index (χ4v) is 4.04. The van der Waals surface area contributed by atoms with E-state index in [0.717, 1.165) is 30.8 Å². The maximum Gasteiger partial charge on any atom is 0.253 e. The molecule has 25 heavy (non-hydrogen) atoms. The van der Waals surface area contributed by atoms with Crippen molar-refractivity contribution in [3.63, 3.8) is 0 Å². The number of likely N-dealkylation sites (tertiary alicyclic amines) is 1. The van der Waals surface area contributed by atoms with Crippen LogP contribution < -0.4 is 10.2 Å². The minimum absolute atomic E-state index is 0.00472. The number of rotatable bonds is 4. The predicted molar refractivity (Wildman–Crippen MR) is 97.9 cm³/mol. The molecule has 3 rings (SSSR count). The number of thioether (sulfide) groups is 1. The summed E-state index contributed by atoms with van der Waals surface area (Å²) in [5.74, 6) is -0.00368. The van der Waals surface area contributed by atoms with Gasteiger partial charge in [-0.15, -0.1) is 11.8 Å². The van der Waals surface area contributed by atoms with E-state index in [2.05, 4.69) is 5.32 Å². The van der Waals surface area contributed by atoms with Crippen LogP contribution >= 0.6 is 11.8 Å². The molecule has 1 aromatic rings. The number of hydrogen-bond acceptors (Lipinski definition) is 4. The highest BCUT2D eigenvalue weighted by molar-refractivity contribution is 8.00. The van der Waals surface area contributed by atoms with Crippen LogP contribution in [0.1, 0.15) is 37.0 Å². The second-order valence-corrected chi connectivity index (χ2v) is 7.69. The zero-order chi connectivity index (χ0) is 18.0. The molecule has 2 aliphatic rings. The van der Waals surface area contributed by atoms with Gasteiger partial charge in [-0.1, -0.05) is 0 Å². The first kappa shape index (κ1) is 17.8. The highest BCUT2D eigenvalue weighted by Gasteiger charge is 2.28. The van der Waals surface area contributed by atoms with Crippen molar-refractivity contribution in [2.75, 3.05) is 30.3 Å². The molecule has 6 nitrogen and oxygen atoms in total. The van der Waals surface area contributed by atoms with E-state index in [9.17, 15) is 14.4 Å². The maximum atomic E-state index is 12.6. The van der Waals surface area contributed by atoms with Crippen molar-refractivity contribution in [3.8, 4) is 0 Å². The lowest BCUT2D eigenvalue weighted by atomic mass is 10.1. The molecule has 0 spiro atoms. The van der Waals surface area contributed by atoms with E-state index in [-0.39, 0.29) is 30.3 Å². The highest BCUT2D eigenvalue weighted by Crippen LogP contribution is 2.36. The van der Waals surface area contributed by atoms with E-state index < -0.39 is 0 Å². The SMILES string of the molecule is CC(C)NC(=O)CN1C(=O)CSc2ccc(C(=O)N3CCCC3)cc21. The topological polar surface area (TPSA) is 69.7 Å². The Kier molecular flexibility index (Phi) is 5.32. The first-order valence-corrected chi connectivity index (χ1v) is 9.60. The standard InChI is InChI=1S/C18H23N3O3S/c1-12(2)19-16(22)10-21-14-9-13(18(24)20-7-3-4-8-20)5-6-15(14)25-11-17(21)23/h5-6,9,12H,3-4,7-8,10-11H2,1-2H3,(H,19,22). The number of fused-ring (bicyclic) bond motifs is 1. The quantitative estimate of drug-likeness (QED) is 0.889. The molecule has 7 heteroatoms. The second-order valence-electron chi connectivity index (χ2n) is 6.67. The van der Waals surface area contributed by atoms with Crippen molar-refractivity contribution in [3.05, 3.63) is 23.8 Å². The van der Waals surface area contributed by atoms with Crippen LogP contribution in [-0.2, 0) is 9.59 Å². The molecule has 0 atom stereocenters. The minimum atomic E-state index is -0.197. The molecule has 2 heterocycles. The van der Waals surface area contributed by atoms with Gasteiger partial charge in [0.2, 0.25) is 11.8 Å². The number of hydrogen-bond donors (Lipinski definition) is 1. The predicted octanol–water partition coefficient (Wildman–Crippen LogP) is 1.89. The van der Waals surface area contributed by atoms with Crippen LogP contribution in [0.2, 0.25) is 0 Å². The van der Waals surface area contributed by atoms with Gasteiger partial charge in [-0.2, -0.15) is 0 Å². The summed E-state index contributed by atoms with van der Waals surface area (Å²) in [6, 6.07) is 5.46. The molecule has 1 aromatic carbocycles. The van der Waals surface area contributed by atoms with Gasteiger partial charge >= 0.3 is 0 Å². The number of carbonyl (C=O) groups excluding carboxylic acids is 3. The average Bonchev–Trinajstić information content (AvgIpc) is 3.10. The van der Waals surface area contributed by atoms with Gasteiger partial charge in [0.15, 0.2) is 0 Å². The summed E-state index contributed by atoms with van der Waals surface area (Å²) in [7, 11) is 0. The fraction of sp³-hybridized carbons (Fsp3) is 0.500. The maximum absolute atomic E-state index is 12.6. The van der Waals surface area contributed by atoms with Crippen LogP contribution in [0.5, 0.6) is 0 Å². The van der Waals surface area contributed by atoms with E-state index in [1.54, 1.807) is 6.07 Å². The summed E-state index contributed by atoms with van der Waals surface area (Å²) in [6.45, 7) is 5.30. The van der Waals surface area contributed by atoms with Crippen molar-refractivity contribution in [2.45, 2.75) is 37.6 Å². The number of nitrogens with one attached hydrogen (secondary N) is 1. The minimum Gasteiger partial charge on any atom is -0.352 e. The van der Waals surface area contributed by atoms with Crippen LogP contribution in [0, 0.1) is 0 Å². The van der Waals surface area contributed by atoms with Gasteiger partial charge in [-0.3, -0.25) is 14.4 Å². The molecule has 0 saturated carbocycles. The number of carbonyl (C=O) groups is 3. The van der Waals surface area contributed by atoms with E-state index in [1.807, 2.05) is 30.9 Å². The van der Waals surface area contributed by atoms with Gasteiger partial charge in [-0.05, 0) is 44.9 Å². The monoisotopic (exact) mass is 361 g/mol. The third-order valence-electron chi connectivity index (χ3n) is 4.29. The normalized spacial score (nSPS) is 17.0. The molecule has 0 unspecified atom stereocenters. The van der Waals surface area contributed by atoms with E-state index in [0.29, 0.717) is 17.0 Å². The highest BCUT2D eigenvalue weighted by atomic mass is 32.2. The summed E-state index contributed by atoms with van der Waals surface area (Å²) >= 11 is 1.45. The Hall–Kier alpha value is -2.02. The number of nitrogens with zero attached hydrogens (tertiary/aromatic N) is 2. The summed E-state index contributed by atoms with van der Waals surface area (Å²) in [5.41, 5.74) is 1.23. The van der Waals surface area contributed by atoms with Gasteiger partial charge in [-0.25, -0.2) is 0 Å². The van der Waals surface area contributed by atoms with Crippen LogP contribution in [0.4, 0.5) is 5.69 Å². The molecule has 0 radical (unpaired) electrons. The van der Waals surface area contributed by atoms with Gasteiger partial charge in [0.1, 0.15) is 6.54 Å². The molecular weight excluding hydrogens is 338 g/mol. The number of amides is 3. The molecular formula is C18H23N3O3S. The Labute approximate surface area is 151 Å². The number of anilines is 1. The van der Waals surface area contributed by atoms with Gasteiger partial charge in [0.05, 0.1) is 11.4 Å². The van der Waals surface area contributed by atoms with Crippen molar-refractivity contribution >= 4 is 35.2 Å². The Balaban J connectivity index is 1.85. The smallest absolute Gasteiger partial charge is 0.253 e. The summed E-state index contributed by atoms with van der Waals surface area (Å²) in [4.78, 5) is 41.3. The summed E-state index contributed by atoms with van der Waals surface area (Å²) in [6.07, 6.45) is 2.07. The molecule has 1 N–H and O–H groups in total. The molecule has 3 amide bonds. The third kappa shape index (κ3) is 3.98. The van der Waals surface area contributed by atoms with Crippen LogP contribution in [0.3, 0.4) is 0 Å². The Morgan fingerprint density at radius 2 is 1.96 bits per heavy atom. The first-order chi connectivity index (χ1) is 12.0. The van der Waals surface area contributed by atoms with Crippen molar-refractivity contribution in [1.82, 2.24) is 10.2 Å². The largest absolute Gasteiger partial charge is 0.352 e. The summed E-state index contributed by atoms with van der Waals surface area (Å²) < 4.78 is 0. The molecule has 0 bridgehead atoms. The first-order valence-electron chi connectivity index (χ1n) is 8.61. The molecule has 1 fully saturated rings. The van der Waals surface area contributed by atoms with Crippen molar-refractivity contribution in [1.29, 1.82) is 0 Å². The summed E-state index contributed by atoms with van der Waals surface area (Å²) in [5, 5.41) is 2.81. The lowest BCUT2D eigenvalue weighted by Crippen LogP contribution is -2.45. The average molecular weight is 361 g/mol. The van der Waals surface area contributed by atoms with E-state index in [1.165, 1.54) is 16.7 Å². The van der Waals surface area contributed by atoms with Gasteiger partial charge in [0, 0.05) is 29.6 Å². The Morgan fingerprint density at radius 1 is 1.24 bits per heavy atom. The van der Waals surface area contributed by atoms with Crippen LogP contribution in [-0.4, -0.2) is 54.1 Å². The number of benzene rings is 1. The molecule has 1 saturated heterocycles.